The van der Waals surface area contributed by atoms with Gasteiger partial charge in [-0.05, 0) is 12.8 Å². The SMILES string of the molecule is O=C1OOC(=O)C12CCCC2. The van der Waals surface area contributed by atoms with Crippen molar-refractivity contribution >= 4 is 11.9 Å². The van der Waals surface area contributed by atoms with E-state index < -0.39 is 17.4 Å². The van der Waals surface area contributed by atoms with Crippen LogP contribution in [0.1, 0.15) is 25.7 Å². The van der Waals surface area contributed by atoms with Crippen LogP contribution in [0.15, 0.2) is 0 Å². The maximum atomic E-state index is 11.0. The summed E-state index contributed by atoms with van der Waals surface area (Å²) < 4.78 is 0. The summed E-state index contributed by atoms with van der Waals surface area (Å²) in [6, 6.07) is 0. The molecule has 0 amide bonds. The molecule has 1 spiro atoms. The topological polar surface area (TPSA) is 52.6 Å². The van der Waals surface area contributed by atoms with E-state index in [1.54, 1.807) is 0 Å². The lowest BCUT2D eigenvalue weighted by Crippen LogP contribution is -2.29. The van der Waals surface area contributed by atoms with Gasteiger partial charge < -0.3 is 0 Å². The summed E-state index contributed by atoms with van der Waals surface area (Å²) in [5.74, 6) is -1.00. The lowest BCUT2D eigenvalue weighted by atomic mass is 9.87. The molecule has 60 valence electrons. The van der Waals surface area contributed by atoms with E-state index in [4.69, 9.17) is 0 Å². The number of carbonyl (C=O) groups is 2. The van der Waals surface area contributed by atoms with Crippen molar-refractivity contribution in [2.45, 2.75) is 25.7 Å². The van der Waals surface area contributed by atoms with Crippen LogP contribution in [0.4, 0.5) is 0 Å². The minimum atomic E-state index is -0.917. The second-order valence-corrected chi connectivity index (χ2v) is 3.03. The van der Waals surface area contributed by atoms with E-state index in [9.17, 15) is 9.59 Å². The van der Waals surface area contributed by atoms with Crippen LogP contribution in [0.25, 0.3) is 0 Å². The van der Waals surface area contributed by atoms with Crippen LogP contribution in [0.5, 0.6) is 0 Å². The summed E-state index contributed by atoms with van der Waals surface area (Å²) in [7, 11) is 0. The minimum Gasteiger partial charge on any atom is -0.246 e. The first kappa shape index (κ1) is 6.64. The lowest BCUT2D eigenvalue weighted by molar-refractivity contribution is -0.235. The highest BCUT2D eigenvalue weighted by molar-refractivity contribution is 6.03. The van der Waals surface area contributed by atoms with Crippen molar-refractivity contribution in [3.63, 3.8) is 0 Å². The van der Waals surface area contributed by atoms with Gasteiger partial charge >= 0.3 is 11.9 Å². The third kappa shape index (κ3) is 0.692. The Bertz CT molecular complexity index is 196. The summed E-state index contributed by atoms with van der Waals surface area (Å²) >= 11 is 0. The molecule has 0 atom stereocenters. The van der Waals surface area contributed by atoms with Crippen LogP contribution in [0.2, 0.25) is 0 Å². The second-order valence-electron chi connectivity index (χ2n) is 3.03. The van der Waals surface area contributed by atoms with Gasteiger partial charge in [0.1, 0.15) is 0 Å². The standard InChI is InChI=1S/C7H8O4/c8-5-7(3-1-2-4-7)6(9)11-10-5/h1-4H2. The second kappa shape index (κ2) is 1.96. The molecule has 1 aliphatic heterocycles. The summed E-state index contributed by atoms with van der Waals surface area (Å²) in [6.45, 7) is 0. The van der Waals surface area contributed by atoms with Crippen molar-refractivity contribution in [2.75, 3.05) is 0 Å². The molecule has 2 rings (SSSR count). The molecule has 1 aliphatic carbocycles. The smallest absolute Gasteiger partial charge is 0.246 e. The van der Waals surface area contributed by atoms with Gasteiger partial charge in [-0.15, -0.1) is 0 Å². The van der Waals surface area contributed by atoms with Crippen molar-refractivity contribution in [3.05, 3.63) is 0 Å². The average molecular weight is 156 g/mol. The maximum Gasteiger partial charge on any atom is 0.372 e. The summed E-state index contributed by atoms with van der Waals surface area (Å²) in [6.07, 6.45) is 2.99. The van der Waals surface area contributed by atoms with Gasteiger partial charge in [-0.2, -0.15) is 0 Å². The minimum absolute atomic E-state index is 0.500. The predicted octanol–water partition coefficient (Wildman–Crippen LogP) is 0.562. The average Bonchev–Trinajstić information content (AvgIpc) is 2.56. The normalized spacial score (nSPS) is 27.3. The molecule has 0 aromatic heterocycles. The van der Waals surface area contributed by atoms with Gasteiger partial charge in [0.2, 0.25) is 0 Å². The van der Waals surface area contributed by atoms with E-state index in [1.165, 1.54) is 0 Å². The summed E-state index contributed by atoms with van der Waals surface area (Å²) in [5.41, 5.74) is -0.917. The largest absolute Gasteiger partial charge is 0.372 e. The Balaban J connectivity index is 2.33. The Kier molecular flexibility index (Phi) is 1.19. The first-order valence-electron chi connectivity index (χ1n) is 3.69. The van der Waals surface area contributed by atoms with Gasteiger partial charge in [0.05, 0.1) is 0 Å². The predicted molar refractivity (Wildman–Crippen MR) is 33.1 cm³/mol. The van der Waals surface area contributed by atoms with E-state index >= 15 is 0 Å². The van der Waals surface area contributed by atoms with Crippen LogP contribution in [0.3, 0.4) is 0 Å². The van der Waals surface area contributed by atoms with Crippen molar-refractivity contribution in [3.8, 4) is 0 Å². The fraction of sp³-hybridized carbons (Fsp3) is 0.714. The quantitative estimate of drug-likeness (QED) is 0.380. The molecule has 0 radical (unpaired) electrons. The van der Waals surface area contributed by atoms with Crippen molar-refractivity contribution in [1.29, 1.82) is 0 Å². The molecule has 4 nitrogen and oxygen atoms in total. The van der Waals surface area contributed by atoms with Gasteiger partial charge in [0, 0.05) is 0 Å². The van der Waals surface area contributed by atoms with Gasteiger partial charge in [-0.3, -0.25) is 0 Å². The van der Waals surface area contributed by atoms with E-state index in [0.717, 1.165) is 12.8 Å². The number of carbonyl (C=O) groups excluding carboxylic acids is 2. The fourth-order valence-electron chi connectivity index (χ4n) is 1.71. The van der Waals surface area contributed by atoms with E-state index in [0.29, 0.717) is 12.8 Å². The zero-order valence-corrected chi connectivity index (χ0v) is 5.96. The highest BCUT2D eigenvalue weighted by atomic mass is 17.2. The highest BCUT2D eigenvalue weighted by Gasteiger charge is 2.57. The summed E-state index contributed by atoms with van der Waals surface area (Å²) in [5, 5.41) is 0. The first-order chi connectivity index (χ1) is 5.26. The monoisotopic (exact) mass is 156 g/mol. The highest BCUT2D eigenvalue weighted by Crippen LogP contribution is 2.43. The van der Waals surface area contributed by atoms with E-state index in [2.05, 4.69) is 9.78 Å². The molecule has 11 heavy (non-hydrogen) atoms. The summed E-state index contributed by atoms with van der Waals surface area (Å²) in [4.78, 5) is 30.5. The third-order valence-corrected chi connectivity index (χ3v) is 2.43. The molecule has 0 N–H and O–H groups in total. The molecule has 1 heterocycles. The van der Waals surface area contributed by atoms with Gasteiger partial charge in [-0.25, -0.2) is 19.4 Å². The van der Waals surface area contributed by atoms with Crippen LogP contribution in [-0.2, 0) is 19.4 Å². The Morgan fingerprint density at radius 3 is 1.91 bits per heavy atom. The van der Waals surface area contributed by atoms with Crippen molar-refractivity contribution in [2.24, 2.45) is 5.41 Å². The Labute approximate surface area is 63.4 Å². The molecule has 1 saturated heterocycles. The maximum absolute atomic E-state index is 11.0. The first-order valence-corrected chi connectivity index (χ1v) is 3.69. The van der Waals surface area contributed by atoms with E-state index in [1.807, 2.05) is 0 Å². The van der Waals surface area contributed by atoms with Gasteiger partial charge in [0.25, 0.3) is 0 Å². The molecule has 4 heteroatoms. The molecule has 0 unspecified atom stereocenters. The zero-order valence-electron chi connectivity index (χ0n) is 5.96. The molecular formula is C7H8O4. The third-order valence-electron chi connectivity index (χ3n) is 2.43. The molecule has 1 saturated carbocycles. The van der Waals surface area contributed by atoms with Gasteiger partial charge in [0.15, 0.2) is 5.41 Å². The van der Waals surface area contributed by atoms with Gasteiger partial charge in [-0.1, -0.05) is 12.8 Å². The Morgan fingerprint density at radius 1 is 1.00 bits per heavy atom. The Morgan fingerprint density at radius 2 is 1.45 bits per heavy atom. The number of hydrogen-bond acceptors (Lipinski definition) is 4. The Hall–Kier alpha value is -1.06. The molecule has 0 bridgehead atoms. The molecule has 2 fully saturated rings. The lowest BCUT2D eigenvalue weighted by Gasteiger charge is -2.08. The van der Waals surface area contributed by atoms with Crippen LogP contribution in [0, 0.1) is 5.41 Å². The molecule has 0 aromatic carbocycles. The van der Waals surface area contributed by atoms with E-state index in [-0.39, 0.29) is 0 Å². The van der Waals surface area contributed by atoms with Crippen molar-refractivity contribution < 1.29 is 19.4 Å². The molecule has 0 aromatic rings. The molecule has 2 aliphatic rings. The van der Waals surface area contributed by atoms with Crippen LogP contribution in [-0.4, -0.2) is 11.9 Å². The number of rotatable bonds is 0. The number of hydrogen-bond donors (Lipinski definition) is 0. The van der Waals surface area contributed by atoms with Crippen molar-refractivity contribution in [1.82, 2.24) is 0 Å². The van der Waals surface area contributed by atoms with Crippen LogP contribution < -0.4 is 0 Å². The zero-order chi connectivity index (χ0) is 7.90. The van der Waals surface area contributed by atoms with Crippen LogP contribution >= 0.6 is 0 Å². The molecular weight excluding hydrogens is 148 g/mol. The fourth-order valence-corrected chi connectivity index (χ4v) is 1.71.